The normalized spacial score (nSPS) is 18.2. The Hall–Kier alpha value is -1.44. The number of aryl methyl sites for hydroxylation is 2. The highest BCUT2D eigenvalue weighted by atomic mass is 32.2. The number of aliphatic carboxylic acids is 1. The van der Waals surface area contributed by atoms with Crippen LogP contribution in [-0.4, -0.2) is 49.1 Å². The van der Waals surface area contributed by atoms with Crippen LogP contribution in [0.3, 0.4) is 0 Å². The van der Waals surface area contributed by atoms with Crippen molar-refractivity contribution >= 4 is 16.0 Å². The van der Waals surface area contributed by atoms with Gasteiger partial charge in [-0.2, -0.15) is 4.31 Å². The SMILES string of the molecule is Cc1ccc(C)c(S(=O)(=O)N2CC(C)(OCC(=O)O)C2)c1. The molecule has 1 fully saturated rings. The number of carboxylic acid groups (broad SMARTS) is 1. The van der Waals surface area contributed by atoms with Crippen molar-refractivity contribution in [1.82, 2.24) is 4.31 Å². The Morgan fingerprint density at radius 1 is 1.38 bits per heavy atom. The van der Waals surface area contributed by atoms with Crippen LogP contribution < -0.4 is 0 Å². The van der Waals surface area contributed by atoms with E-state index in [0.29, 0.717) is 10.5 Å². The molecule has 0 unspecified atom stereocenters. The maximum atomic E-state index is 12.6. The highest BCUT2D eigenvalue weighted by molar-refractivity contribution is 7.89. The maximum Gasteiger partial charge on any atom is 0.329 e. The number of hydrogen-bond acceptors (Lipinski definition) is 4. The summed E-state index contributed by atoms with van der Waals surface area (Å²) < 4.78 is 31.7. The number of hydrogen-bond donors (Lipinski definition) is 1. The van der Waals surface area contributed by atoms with E-state index in [2.05, 4.69) is 0 Å². The van der Waals surface area contributed by atoms with Crippen LogP contribution in [0, 0.1) is 13.8 Å². The molecule has 116 valence electrons. The van der Waals surface area contributed by atoms with E-state index in [1.165, 1.54) is 4.31 Å². The minimum absolute atomic E-state index is 0.163. The maximum absolute atomic E-state index is 12.6. The van der Waals surface area contributed by atoms with Gasteiger partial charge in [0, 0.05) is 13.1 Å². The Labute approximate surface area is 124 Å². The van der Waals surface area contributed by atoms with Gasteiger partial charge in [0.25, 0.3) is 0 Å². The van der Waals surface area contributed by atoms with Gasteiger partial charge in [-0.1, -0.05) is 12.1 Å². The molecule has 0 spiro atoms. The van der Waals surface area contributed by atoms with Gasteiger partial charge in [-0.25, -0.2) is 13.2 Å². The van der Waals surface area contributed by atoms with Crippen LogP contribution in [0.1, 0.15) is 18.1 Å². The molecule has 0 aromatic heterocycles. The van der Waals surface area contributed by atoms with E-state index < -0.39 is 28.2 Å². The van der Waals surface area contributed by atoms with Crippen molar-refractivity contribution in [3.63, 3.8) is 0 Å². The number of carbonyl (C=O) groups is 1. The van der Waals surface area contributed by atoms with Crippen molar-refractivity contribution in [2.24, 2.45) is 0 Å². The molecule has 6 nitrogen and oxygen atoms in total. The van der Waals surface area contributed by atoms with Gasteiger partial charge >= 0.3 is 5.97 Å². The molecule has 7 heteroatoms. The number of nitrogens with zero attached hydrogens (tertiary/aromatic N) is 1. The monoisotopic (exact) mass is 313 g/mol. The minimum Gasteiger partial charge on any atom is -0.480 e. The molecule has 2 rings (SSSR count). The fraction of sp³-hybridized carbons (Fsp3) is 0.500. The predicted molar refractivity (Wildman–Crippen MR) is 76.7 cm³/mol. The molecule has 1 heterocycles. The lowest BCUT2D eigenvalue weighted by Gasteiger charge is -2.46. The number of sulfonamides is 1. The second kappa shape index (κ2) is 5.40. The van der Waals surface area contributed by atoms with E-state index in [-0.39, 0.29) is 13.1 Å². The summed E-state index contributed by atoms with van der Waals surface area (Å²) in [5.41, 5.74) is 0.841. The molecule has 1 aliphatic heterocycles. The fourth-order valence-corrected chi connectivity index (χ4v) is 4.30. The van der Waals surface area contributed by atoms with E-state index in [0.717, 1.165) is 5.56 Å². The highest BCUT2D eigenvalue weighted by Crippen LogP contribution is 2.32. The molecule has 1 aliphatic rings. The molecular formula is C14H19NO5S. The Balaban J connectivity index is 2.13. The Bertz CT molecular complexity index is 662. The van der Waals surface area contributed by atoms with Crippen molar-refractivity contribution in [3.8, 4) is 0 Å². The topological polar surface area (TPSA) is 83.9 Å². The third kappa shape index (κ3) is 3.25. The number of benzene rings is 1. The lowest BCUT2D eigenvalue weighted by atomic mass is 10.0. The molecule has 0 amide bonds. The first-order valence-electron chi connectivity index (χ1n) is 6.57. The van der Waals surface area contributed by atoms with E-state index in [1.807, 2.05) is 13.0 Å². The summed E-state index contributed by atoms with van der Waals surface area (Å²) in [5, 5.41) is 8.61. The van der Waals surface area contributed by atoms with Gasteiger partial charge in [-0.15, -0.1) is 0 Å². The van der Waals surface area contributed by atoms with Crippen LogP contribution in [-0.2, 0) is 19.6 Å². The first kappa shape index (κ1) is 15.9. The molecule has 1 aromatic rings. The van der Waals surface area contributed by atoms with Crippen molar-refractivity contribution in [2.45, 2.75) is 31.3 Å². The van der Waals surface area contributed by atoms with Gasteiger partial charge in [0.05, 0.1) is 10.5 Å². The first-order chi connectivity index (χ1) is 9.64. The summed E-state index contributed by atoms with van der Waals surface area (Å²) in [6.07, 6.45) is 0. The van der Waals surface area contributed by atoms with Crippen LogP contribution in [0.25, 0.3) is 0 Å². The van der Waals surface area contributed by atoms with Crippen LogP contribution in [0.15, 0.2) is 23.1 Å². The summed E-state index contributed by atoms with van der Waals surface area (Å²) in [6, 6.07) is 5.30. The second-order valence-electron chi connectivity index (χ2n) is 5.67. The summed E-state index contributed by atoms with van der Waals surface area (Å²) in [5.74, 6) is -1.06. The van der Waals surface area contributed by atoms with E-state index in [9.17, 15) is 13.2 Å². The molecule has 0 atom stereocenters. The Morgan fingerprint density at radius 3 is 2.57 bits per heavy atom. The van der Waals surface area contributed by atoms with Crippen LogP contribution in [0.4, 0.5) is 0 Å². The number of carboxylic acids is 1. The molecule has 0 aliphatic carbocycles. The quantitative estimate of drug-likeness (QED) is 0.882. The summed E-state index contributed by atoms with van der Waals surface area (Å²) >= 11 is 0. The minimum atomic E-state index is -3.56. The summed E-state index contributed by atoms with van der Waals surface area (Å²) in [4.78, 5) is 10.8. The molecule has 21 heavy (non-hydrogen) atoms. The second-order valence-corrected chi connectivity index (χ2v) is 7.58. The average molecular weight is 313 g/mol. The zero-order chi connectivity index (χ0) is 15.8. The average Bonchev–Trinajstić information content (AvgIpc) is 2.35. The third-order valence-electron chi connectivity index (χ3n) is 3.53. The highest BCUT2D eigenvalue weighted by Gasteiger charge is 2.46. The van der Waals surface area contributed by atoms with E-state index >= 15 is 0 Å². The number of rotatable bonds is 5. The zero-order valence-corrected chi connectivity index (χ0v) is 13.1. The lowest BCUT2D eigenvalue weighted by molar-refractivity contribution is -0.157. The van der Waals surface area contributed by atoms with Gasteiger partial charge in [0.1, 0.15) is 6.61 Å². The van der Waals surface area contributed by atoms with Crippen molar-refractivity contribution in [2.75, 3.05) is 19.7 Å². The van der Waals surface area contributed by atoms with Crippen molar-refractivity contribution < 1.29 is 23.1 Å². The fourth-order valence-electron chi connectivity index (χ4n) is 2.32. The summed E-state index contributed by atoms with van der Waals surface area (Å²) in [7, 11) is -3.56. The predicted octanol–water partition coefficient (Wildman–Crippen LogP) is 1.17. The van der Waals surface area contributed by atoms with Gasteiger partial charge < -0.3 is 9.84 Å². The summed E-state index contributed by atoms with van der Waals surface area (Å²) in [6.45, 7) is 5.21. The van der Waals surface area contributed by atoms with Crippen molar-refractivity contribution in [3.05, 3.63) is 29.3 Å². The van der Waals surface area contributed by atoms with Crippen LogP contribution >= 0.6 is 0 Å². The van der Waals surface area contributed by atoms with Crippen molar-refractivity contribution in [1.29, 1.82) is 0 Å². The number of ether oxygens (including phenoxy) is 1. The molecule has 0 radical (unpaired) electrons. The Morgan fingerprint density at radius 2 is 2.00 bits per heavy atom. The lowest BCUT2D eigenvalue weighted by Crippen LogP contribution is -2.63. The largest absolute Gasteiger partial charge is 0.480 e. The van der Waals surface area contributed by atoms with Crippen LogP contribution in [0.2, 0.25) is 0 Å². The molecule has 1 saturated heterocycles. The molecule has 1 N–H and O–H groups in total. The van der Waals surface area contributed by atoms with Gasteiger partial charge in [0.2, 0.25) is 10.0 Å². The van der Waals surface area contributed by atoms with Gasteiger partial charge in [0.15, 0.2) is 0 Å². The van der Waals surface area contributed by atoms with E-state index in [4.69, 9.17) is 9.84 Å². The van der Waals surface area contributed by atoms with Gasteiger partial charge in [-0.3, -0.25) is 0 Å². The Kier molecular flexibility index (Phi) is 4.10. The zero-order valence-electron chi connectivity index (χ0n) is 12.3. The van der Waals surface area contributed by atoms with Crippen LogP contribution in [0.5, 0.6) is 0 Å². The molecular weight excluding hydrogens is 294 g/mol. The van der Waals surface area contributed by atoms with Gasteiger partial charge in [-0.05, 0) is 38.0 Å². The third-order valence-corrected chi connectivity index (χ3v) is 5.46. The smallest absolute Gasteiger partial charge is 0.329 e. The first-order valence-corrected chi connectivity index (χ1v) is 8.01. The molecule has 0 bridgehead atoms. The molecule has 0 saturated carbocycles. The molecule has 1 aromatic carbocycles. The van der Waals surface area contributed by atoms with E-state index in [1.54, 1.807) is 26.0 Å². The standard InChI is InChI=1S/C14H19NO5S/c1-10-4-5-11(2)12(6-10)21(18,19)15-8-14(3,9-15)20-7-13(16)17/h4-6H,7-9H2,1-3H3,(H,16,17).